The molecule has 0 saturated carbocycles. The number of carboxylic acid groups (broad SMARTS) is 1. The molecule has 3 N–H and O–H groups in total. The molecule has 2 rings (SSSR count). The zero-order chi connectivity index (χ0) is 14.0. The van der Waals surface area contributed by atoms with Crippen LogP contribution in [0.2, 0.25) is 0 Å². The monoisotopic (exact) mass is 258 g/mol. The number of phenols is 2. The molecule has 0 amide bonds. The zero-order valence-electron chi connectivity index (χ0n) is 9.70. The van der Waals surface area contributed by atoms with Gasteiger partial charge in [-0.05, 0) is 12.1 Å². The lowest BCUT2D eigenvalue weighted by molar-refractivity contribution is 0.0692. The van der Waals surface area contributed by atoms with E-state index in [-0.39, 0.29) is 11.1 Å². The number of phenolic OH excluding ortho intramolecular Hbond substituents is 2. The van der Waals surface area contributed by atoms with E-state index in [4.69, 9.17) is 5.11 Å². The van der Waals surface area contributed by atoms with E-state index < -0.39 is 28.8 Å². The molecule has 0 bridgehead atoms. The molecule has 0 aromatic heterocycles. The molecule has 0 heterocycles. The zero-order valence-corrected chi connectivity index (χ0v) is 9.70. The van der Waals surface area contributed by atoms with E-state index in [0.29, 0.717) is 0 Å². The van der Waals surface area contributed by atoms with Gasteiger partial charge in [0.25, 0.3) is 0 Å². The SMILES string of the molecule is O=C(O)c1ccc(O)c(O)c1C(=O)c1ccccc1. The summed E-state index contributed by atoms with van der Waals surface area (Å²) in [5.41, 5.74) is -0.547. The normalized spacial score (nSPS) is 10.1. The van der Waals surface area contributed by atoms with Gasteiger partial charge in [0.1, 0.15) is 0 Å². The Kier molecular flexibility index (Phi) is 3.20. The first-order valence-electron chi connectivity index (χ1n) is 5.40. The van der Waals surface area contributed by atoms with E-state index in [9.17, 15) is 19.8 Å². The highest BCUT2D eigenvalue weighted by Gasteiger charge is 2.24. The standard InChI is InChI=1S/C14H10O5/c15-10-7-6-9(14(18)19)11(13(10)17)12(16)8-4-2-1-3-5-8/h1-7,15,17H,(H,18,19). The lowest BCUT2D eigenvalue weighted by Crippen LogP contribution is -2.10. The second kappa shape index (κ2) is 4.81. The van der Waals surface area contributed by atoms with Gasteiger partial charge in [0.05, 0.1) is 11.1 Å². The summed E-state index contributed by atoms with van der Waals surface area (Å²) < 4.78 is 0. The first-order chi connectivity index (χ1) is 9.02. The van der Waals surface area contributed by atoms with Crippen LogP contribution in [0.1, 0.15) is 26.3 Å². The van der Waals surface area contributed by atoms with Crippen LogP contribution < -0.4 is 0 Å². The minimum absolute atomic E-state index is 0.228. The minimum atomic E-state index is -1.35. The highest BCUT2D eigenvalue weighted by atomic mass is 16.4. The van der Waals surface area contributed by atoms with E-state index in [2.05, 4.69) is 0 Å². The van der Waals surface area contributed by atoms with Crippen LogP contribution in [-0.2, 0) is 0 Å². The van der Waals surface area contributed by atoms with Crippen LogP contribution in [0.25, 0.3) is 0 Å². The van der Waals surface area contributed by atoms with Crippen molar-refractivity contribution in [2.45, 2.75) is 0 Å². The molecule has 0 unspecified atom stereocenters. The molecule has 0 saturated heterocycles. The van der Waals surface area contributed by atoms with Gasteiger partial charge in [0, 0.05) is 5.56 Å². The smallest absolute Gasteiger partial charge is 0.336 e. The third-order valence-electron chi connectivity index (χ3n) is 2.65. The Morgan fingerprint density at radius 2 is 1.53 bits per heavy atom. The molecular formula is C14H10O5. The number of carboxylic acids is 1. The highest BCUT2D eigenvalue weighted by molar-refractivity contribution is 6.16. The summed E-state index contributed by atoms with van der Waals surface area (Å²) in [6, 6.07) is 10.0. The van der Waals surface area contributed by atoms with Gasteiger partial charge in [0.15, 0.2) is 17.3 Å². The second-order valence-electron chi connectivity index (χ2n) is 3.86. The number of aromatic hydroxyl groups is 2. The lowest BCUT2D eigenvalue weighted by atomic mass is 9.97. The Bertz CT molecular complexity index is 646. The van der Waals surface area contributed by atoms with Crippen LogP contribution in [0.4, 0.5) is 0 Å². The van der Waals surface area contributed by atoms with Crippen molar-refractivity contribution < 1.29 is 24.9 Å². The van der Waals surface area contributed by atoms with Gasteiger partial charge < -0.3 is 15.3 Å². The number of carbonyl (C=O) groups is 2. The number of benzene rings is 2. The number of carbonyl (C=O) groups excluding carboxylic acids is 1. The summed E-state index contributed by atoms with van der Waals surface area (Å²) in [5, 5.41) is 28.2. The fourth-order valence-corrected chi connectivity index (χ4v) is 1.72. The topological polar surface area (TPSA) is 94.8 Å². The average molecular weight is 258 g/mol. The summed E-state index contributed by atoms with van der Waals surface area (Å²) in [5.74, 6) is -3.28. The van der Waals surface area contributed by atoms with Crippen LogP contribution >= 0.6 is 0 Å². The van der Waals surface area contributed by atoms with Gasteiger partial charge in [-0.15, -0.1) is 0 Å². The molecule has 0 aliphatic rings. The molecule has 2 aromatic carbocycles. The predicted octanol–water partition coefficient (Wildman–Crippen LogP) is 2.03. The number of aromatic carboxylic acids is 1. The van der Waals surface area contributed by atoms with Crippen molar-refractivity contribution in [1.82, 2.24) is 0 Å². The van der Waals surface area contributed by atoms with Gasteiger partial charge in [-0.25, -0.2) is 4.79 Å². The van der Waals surface area contributed by atoms with Crippen molar-refractivity contribution in [2.24, 2.45) is 0 Å². The fourth-order valence-electron chi connectivity index (χ4n) is 1.72. The van der Waals surface area contributed by atoms with Crippen LogP contribution in [-0.4, -0.2) is 27.1 Å². The molecule has 19 heavy (non-hydrogen) atoms. The number of hydrogen-bond donors (Lipinski definition) is 3. The molecule has 0 fully saturated rings. The van der Waals surface area contributed by atoms with Crippen molar-refractivity contribution >= 4 is 11.8 Å². The maximum atomic E-state index is 12.2. The predicted molar refractivity (Wildman–Crippen MR) is 66.6 cm³/mol. The highest BCUT2D eigenvalue weighted by Crippen LogP contribution is 2.33. The molecule has 5 nitrogen and oxygen atoms in total. The number of hydrogen-bond acceptors (Lipinski definition) is 4. The largest absolute Gasteiger partial charge is 0.504 e. The van der Waals surface area contributed by atoms with Crippen LogP contribution in [0, 0.1) is 0 Å². The molecule has 0 aliphatic carbocycles. The Morgan fingerprint density at radius 1 is 0.895 bits per heavy atom. The van der Waals surface area contributed by atoms with Gasteiger partial charge in [0.2, 0.25) is 0 Å². The summed E-state index contributed by atoms with van der Waals surface area (Å²) in [4.78, 5) is 23.3. The van der Waals surface area contributed by atoms with E-state index in [0.717, 1.165) is 12.1 Å². The van der Waals surface area contributed by atoms with Crippen LogP contribution in [0.5, 0.6) is 11.5 Å². The van der Waals surface area contributed by atoms with Crippen LogP contribution in [0.3, 0.4) is 0 Å². The maximum Gasteiger partial charge on any atom is 0.336 e. The van der Waals surface area contributed by atoms with Crippen molar-refractivity contribution in [2.75, 3.05) is 0 Å². The second-order valence-corrected chi connectivity index (χ2v) is 3.86. The van der Waals surface area contributed by atoms with Crippen molar-refractivity contribution in [3.05, 3.63) is 59.2 Å². The summed E-state index contributed by atoms with van der Waals surface area (Å²) in [7, 11) is 0. The number of rotatable bonds is 3. The Morgan fingerprint density at radius 3 is 2.11 bits per heavy atom. The molecule has 0 spiro atoms. The first kappa shape index (κ1) is 12.6. The van der Waals surface area contributed by atoms with Crippen molar-refractivity contribution in [3.63, 3.8) is 0 Å². The van der Waals surface area contributed by atoms with Gasteiger partial charge in [-0.3, -0.25) is 4.79 Å². The summed E-state index contributed by atoms with van der Waals surface area (Å²) in [6.07, 6.45) is 0. The van der Waals surface area contributed by atoms with Gasteiger partial charge in [-0.1, -0.05) is 30.3 Å². The molecule has 0 radical (unpaired) electrons. The minimum Gasteiger partial charge on any atom is -0.504 e. The molecule has 96 valence electrons. The van der Waals surface area contributed by atoms with E-state index in [1.807, 2.05) is 0 Å². The first-order valence-corrected chi connectivity index (χ1v) is 5.40. The quantitative estimate of drug-likeness (QED) is 0.578. The fraction of sp³-hybridized carbons (Fsp3) is 0. The summed E-state index contributed by atoms with van der Waals surface area (Å²) >= 11 is 0. The molecule has 2 aromatic rings. The Balaban J connectivity index is 2.64. The van der Waals surface area contributed by atoms with Crippen LogP contribution in [0.15, 0.2) is 42.5 Å². The van der Waals surface area contributed by atoms with Gasteiger partial charge in [-0.2, -0.15) is 0 Å². The van der Waals surface area contributed by atoms with E-state index in [1.165, 1.54) is 12.1 Å². The van der Waals surface area contributed by atoms with Crippen molar-refractivity contribution in [3.8, 4) is 11.5 Å². The van der Waals surface area contributed by atoms with Gasteiger partial charge >= 0.3 is 5.97 Å². The third-order valence-corrected chi connectivity index (χ3v) is 2.65. The molecule has 0 atom stereocenters. The van der Waals surface area contributed by atoms with E-state index in [1.54, 1.807) is 18.2 Å². The Labute approximate surface area is 108 Å². The molecule has 0 aliphatic heterocycles. The van der Waals surface area contributed by atoms with Crippen molar-refractivity contribution in [1.29, 1.82) is 0 Å². The third kappa shape index (κ3) is 2.26. The molecular weight excluding hydrogens is 248 g/mol. The lowest BCUT2D eigenvalue weighted by Gasteiger charge is -2.09. The maximum absolute atomic E-state index is 12.2. The molecule has 5 heteroatoms. The Hall–Kier alpha value is -2.82. The number of ketones is 1. The average Bonchev–Trinajstić information content (AvgIpc) is 2.41. The summed E-state index contributed by atoms with van der Waals surface area (Å²) in [6.45, 7) is 0. The van der Waals surface area contributed by atoms with E-state index >= 15 is 0 Å².